The van der Waals surface area contributed by atoms with Crippen LogP contribution in [0, 0.1) is 0 Å². The van der Waals surface area contributed by atoms with Gasteiger partial charge in [0.1, 0.15) is 11.6 Å². The van der Waals surface area contributed by atoms with Gasteiger partial charge in [0.25, 0.3) is 0 Å². The molecule has 0 unspecified atom stereocenters. The van der Waals surface area contributed by atoms with Gasteiger partial charge in [0.05, 0.1) is 5.01 Å². The quantitative estimate of drug-likeness (QED) is 0.450. The van der Waals surface area contributed by atoms with Crippen molar-refractivity contribution >= 4 is 28.9 Å². The molecule has 8 heteroatoms. The third-order valence-corrected chi connectivity index (χ3v) is 2.86. The van der Waals surface area contributed by atoms with E-state index >= 15 is 0 Å². The molecule has 0 aliphatic carbocycles. The lowest BCUT2D eigenvalue weighted by Crippen LogP contribution is -2.13. The molecule has 7 nitrogen and oxygen atoms in total. The molecule has 0 atom stereocenters. The maximum Gasteiger partial charge on any atom is 0.223 e. The highest BCUT2D eigenvalue weighted by atomic mass is 32.1. The lowest BCUT2D eigenvalue weighted by molar-refractivity contribution is 0.984. The molecule has 0 spiro atoms. The molecule has 0 radical (unpaired) electrons. The van der Waals surface area contributed by atoms with Crippen LogP contribution in [-0.2, 0) is 6.42 Å². The first-order valence-electron chi connectivity index (χ1n) is 5.01. The summed E-state index contributed by atoms with van der Waals surface area (Å²) < 4.78 is 0. The van der Waals surface area contributed by atoms with Crippen LogP contribution in [0.15, 0.2) is 17.6 Å². The third kappa shape index (κ3) is 3.26. The van der Waals surface area contributed by atoms with Crippen LogP contribution in [0.5, 0.6) is 0 Å². The molecule has 0 aliphatic rings. The number of hydrogen-bond donors (Lipinski definition) is 4. The van der Waals surface area contributed by atoms with E-state index in [0.717, 1.165) is 18.0 Å². The summed E-state index contributed by atoms with van der Waals surface area (Å²) >= 11 is 1.63. The molecular weight excluding hydrogens is 238 g/mol. The third-order valence-electron chi connectivity index (χ3n) is 2.02. The van der Waals surface area contributed by atoms with E-state index in [9.17, 15) is 0 Å². The second-order valence-electron chi connectivity index (χ2n) is 3.24. The molecule has 2 aromatic rings. The summed E-state index contributed by atoms with van der Waals surface area (Å²) in [7, 11) is 0. The molecule has 0 aromatic carbocycles. The first kappa shape index (κ1) is 11.6. The SMILES string of the molecule is NNc1cc(NCCc2nccs2)nc(N)n1. The summed E-state index contributed by atoms with van der Waals surface area (Å²) in [5.41, 5.74) is 7.96. The fourth-order valence-corrected chi connectivity index (χ4v) is 1.92. The van der Waals surface area contributed by atoms with E-state index in [1.807, 2.05) is 5.38 Å². The first-order valence-corrected chi connectivity index (χ1v) is 5.89. The second-order valence-corrected chi connectivity index (χ2v) is 4.22. The van der Waals surface area contributed by atoms with Crippen LogP contribution in [0.2, 0.25) is 0 Å². The Bertz CT molecular complexity index is 470. The maximum atomic E-state index is 5.53. The highest BCUT2D eigenvalue weighted by molar-refractivity contribution is 7.09. The highest BCUT2D eigenvalue weighted by Gasteiger charge is 2.01. The highest BCUT2D eigenvalue weighted by Crippen LogP contribution is 2.11. The molecule has 90 valence electrons. The van der Waals surface area contributed by atoms with E-state index in [0.29, 0.717) is 11.6 Å². The number of thiazole rings is 1. The van der Waals surface area contributed by atoms with Gasteiger partial charge in [0.15, 0.2) is 0 Å². The standard InChI is InChI=1S/C9H13N7S/c10-9-14-6(5-7(15-9)16-11)12-2-1-8-13-3-4-17-8/h3-5H,1-2,11H2,(H4,10,12,14,15,16). The zero-order valence-corrected chi connectivity index (χ0v) is 9.87. The summed E-state index contributed by atoms with van der Waals surface area (Å²) in [6.45, 7) is 0.730. The zero-order chi connectivity index (χ0) is 12.1. The molecule has 17 heavy (non-hydrogen) atoms. The van der Waals surface area contributed by atoms with Crippen LogP contribution >= 0.6 is 11.3 Å². The predicted octanol–water partition coefficient (Wildman–Crippen LogP) is 0.455. The Balaban J connectivity index is 1.92. The number of nitrogens with zero attached hydrogens (tertiary/aromatic N) is 3. The van der Waals surface area contributed by atoms with Crippen molar-refractivity contribution in [2.45, 2.75) is 6.42 Å². The van der Waals surface area contributed by atoms with Gasteiger partial charge >= 0.3 is 0 Å². The lowest BCUT2D eigenvalue weighted by Gasteiger charge is -2.06. The Morgan fingerprint density at radius 1 is 1.29 bits per heavy atom. The second kappa shape index (κ2) is 5.41. The van der Waals surface area contributed by atoms with Gasteiger partial charge < -0.3 is 16.5 Å². The number of nitrogen functional groups attached to an aromatic ring is 2. The van der Waals surface area contributed by atoms with Crippen LogP contribution in [0.25, 0.3) is 0 Å². The van der Waals surface area contributed by atoms with Crippen LogP contribution < -0.4 is 22.3 Å². The van der Waals surface area contributed by atoms with Gasteiger partial charge in [-0.2, -0.15) is 9.97 Å². The van der Waals surface area contributed by atoms with E-state index in [2.05, 4.69) is 25.7 Å². The Morgan fingerprint density at radius 3 is 2.82 bits per heavy atom. The van der Waals surface area contributed by atoms with Gasteiger partial charge in [-0.1, -0.05) is 0 Å². The molecule has 2 heterocycles. The average molecular weight is 251 g/mol. The minimum atomic E-state index is 0.178. The molecule has 0 bridgehead atoms. The Hall–Kier alpha value is -1.93. The lowest BCUT2D eigenvalue weighted by atomic mass is 10.4. The molecule has 2 rings (SSSR count). The normalized spacial score (nSPS) is 10.2. The molecule has 0 saturated carbocycles. The summed E-state index contributed by atoms with van der Waals surface area (Å²) in [4.78, 5) is 12.1. The summed E-state index contributed by atoms with van der Waals surface area (Å²) in [5.74, 6) is 6.56. The number of nitrogens with two attached hydrogens (primary N) is 2. The molecular formula is C9H13N7S. The molecule has 2 aromatic heterocycles. The van der Waals surface area contributed by atoms with Crippen LogP contribution in [-0.4, -0.2) is 21.5 Å². The fourth-order valence-electron chi connectivity index (χ4n) is 1.30. The Kier molecular flexibility index (Phi) is 3.68. The van der Waals surface area contributed by atoms with E-state index in [1.54, 1.807) is 23.6 Å². The van der Waals surface area contributed by atoms with Gasteiger partial charge in [-0.25, -0.2) is 10.8 Å². The monoisotopic (exact) mass is 251 g/mol. The van der Waals surface area contributed by atoms with Crippen molar-refractivity contribution in [3.8, 4) is 0 Å². The summed E-state index contributed by atoms with van der Waals surface area (Å²) in [6.07, 6.45) is 2.63. The van der Waals surface area contributed by atoms with Gasteiger partial charge in [-0.05, 0) is 0 Å². The smallest absolute Gasteiger partial charge is 0.223 e. The van der Waals surface area contributed by atoms with Crippen molar-refractivity contribution in [2.24, 2.45) is 5.84 Å². The predicted molar refractivity (Wildman–Crippen MR) is 68.6 cm³/mol. The molecule has 6 N–H and O–H groups in total. The van der Waals surface area contributed by atoms with E-state index < -0.39 is 0 Å². The fraction of sp³-hybridized carbons (Fsp3) is 0.222. The number of hydrazine groups is 1. The summed E-state index contributed by atoms with van der Waals surface area (Å²) in [5, 5.41) is 6.17. The van der Waals surface area contributed by atoms with Gasteiger partial charge in [-0.3, -0.25) is 0 Å². The van der Waals surface area contributed by atoms with Gasteiger partial charge in [0, 0.05) is 30.6 Å². The van der Waals surface area contributed by atoms with Crippen LogP contribution in [0.3, 0.4) is 0 Å². The summed E-state index contributed by atoms with van der Waals surface area (Å²) in [6, 6.07) is 1.69. The number of rotatable bonds is 5. The van der Waals surface area contributed by atoms with Crippen molar-refractivity contribution in [1.82, 2.24) is 15.0 Å². The van der Waals surface area contributed by atoms with Crippen molar-refractivity contribution < 1.29 is 0 Å². The molecule has 0 saturated heterocycles. The number of aromatic nitrogens is 3. The molecule has 0 aliphatic heterocycles. The number of hydrogen-bond acceptors (Lipinski definition) is 8. The Labute approximate surface area is 102 Å². The van der Waals surface area contributed by atoms with Crippen LogP contribution in [0.4, 0.5) is 17.6 Å². The van der Waals surface area contributed by atoms with Crippen molar-refractivity contribution in [2.75, 3.05) is 23.0 Å². The number of nitrogens with one attached hydrogen (secondary N) is 2. The topological polar surface area (TPSA) is 115 Å². The molecule has 0 amide bonds. The van der Waals surface area contributed by atoms with Crippen molar-refractivity contribution in [1.29, 1.82) is 0 Å². The average Bonchev–Trinajstić information content (AvgIpc) is 2.81. The maximum absolute atomic E-state index is 5.53. The van der Waals surface area contributed by atoms with Crippen LogP contribution in [0.1, 0.15) is 5.01 Å². The first-order chi connectivity index (χ1) is 8.28. The van der Waals surface area contributed by atoms with E-state index in [-0.39, 0.29) is 5.95 Å². The zero-order valence-electron chi connectivity index (χ0n) is 9.05. The number of anilines is 3. The minimum absolute atomic E-state index is 0.178. The van der Waals surface area contributed by atoms with Gasteiger partial charge in [-0.15, -0.1) is 11.3 Å². The van der Waals surface area contributed by atoms with E-state index in [4.69, 9.17) is 11.6 Å². The minimum Gasteiger partial charge on any atom is -0.369 e. The van der Waals surface area contributed by atoms with Gasteiger partial charge in [0.2, 0.25) is 5.95 Å². The van der Waals surface area contributed by atoms with Crippen molar-refractivity contribution in [3.05, 3.63) is 22.7 Å². The largest absolute Gasteiger partial charge is 0.369 e. The molecule has 0 fully saturated rings. The van der Waals surface area contributed by atoms with Crippen molar-refractivity contribution in [3.63, 3.8) is 0 Å². The Morgan fingerprint density at radius 2 is 2.12 bits per heavy atom. The van der Waals surface area contributed by atoms with E-state index in [1.165, 1.54) is 0 Å².